The molecule has 4 rings (SSSR count). The summed E-state index contributed by atoms with van der Waals surface area (Å²) in [6, 6.07) is 4.16. The highest BCUT2D eigenvalue weighted by Gasteiger charge is 2.28. The molecule has 0 bridgehead atoms. The first kappa shape index (κ1) is 14.7. The van der Waals surface area contributed by atoms with Crippen LogP contribution in [0.25, 0.3) is 5.82 Å². The van der Waals surface area contributed by atoms with E-state index >= 15 is 0 Å². The zero-order valence-corrected chi connectivity index (χ0v) is 13.5. The minimum absolute atomic E-state index is 0.260. The summed E-state index contributed by atoms with van der Waals surface area (Å²) in [7, 11) is 0. The quantitative estimate of drug-likeness (QED) is 0.785. The topological polar surface area (TPSA) is 90.7 Å². The summed E-state index contributed by atoms with van der Waals surface area (Å²) >= 11 is 0. The normalized spacial score (nSPS) is 21.1. The van der Waals surface area contributed by atoms with Crippen molar-refractivity contribution < 1.29 is 0 Å². The zero-order valence-electron chi connectivity index (χ0n) is 13.5. The highest BCUT2D eigenvalue weighted by Crippen LogP contribution is 2.30. The lowest BCUT2D eigenvalue weighted by Gasteiger charge is -2.38. The molecule has 0 aliphatic carbocycles. The van der Waals surface area contributed by atoms with Crippen LogP contribution >= 0.6 is 0 Å². The molecule has 0 radical (unpaired) electrons. The van der Waals surface area contributed by atoms with Gasteiger partial charge in [-0.05, 0) is 18.4 Å². The third-order valence-electron chi connectivity index (χ3n) is 4.61. The van der Waals surface area contributed by atoms with E-state index in [1.165, 1.54) is 0 Å². The standard InChI is InChI=1S/C16H20N8/c1-12-3-7-22(10-13(12)23-8-5-18-11-23)14-9-15(21-16(17)20-14)24-6-2-4-19-24/h2,4-6,8-9,11-13H,3,7,10H2,1H3,(H2,17,20,21). The van der Waals surface area contributed by atoms with E-state index in [1.54, 1.807) is 10.9 Å². The molecule has 3 aromatic heterocycles. The monoisotopic (exact) mass is 324 g/mol. The molecule has 124 valence electrons. The van der Waals surface area contributed by atoms with Gasteiger partial charge in [0.05, 0.1) is 12.4 Å². The Morgan fingerprint density at radius 2 is 2.04 bits per heavy atom. The van der Waals surface area contributed by atoms with Gasteiger partial charge in [-0.3, -0.25) is 0 Å². The number of nitrogens with zero attached hydrogens (tertiary/aromatic N) is 7. The number of hydrogen-bond donors (Lipinski definition) is 1. The maximum Gasteiger partial charge on any atom is 0.224 e. The van der Waals surface area contributed by atoms with Crippen LogP contribution in [0.15, 0.2) is 43.2 Å². The molecule has 4 heterocycles. The molecule has 0 saturated carbocycles. The van der Waals surface area contributed by atoms with E-state index in [0.717, 1.165) is 25.3 Å². The van der Waals surface area contributed by atoms with Gasteiger partial charge in [0.15, 0.2) is 5.82 Å². The number of hydrogen-bond acceptors (Lipinski definition) is 6. The first-order valence-corrected chi connectivity index (χ1v) is 8.07. The molecule has 8 nitrogen and oxygen atoms in total. The molecule has 2 atom stereocenters. The van der Waals surface area contributed by atoms with Crippen molar-refractivity contribution >= 4 is 11.8 Å². The molecule has 24 heavy (non-hydrogen) atoms. The van der Waals surface area contributed by atoms with E-state index in [-0.39, 0.29) is 5.95 Å². The fraction of sp³-hybridized carbons (Fsp3) is 0.375. The summed E-state index contributed by atoms with van der Waals surface area (Å²) in [6.07, 6.45) is 10.4. The van der Waals surface area contributed by atoms with Crippen molar-refractivity contribution in [1.29, 1.82) is 0 Å². The van der Waals surface area contributed by atoms with Crippen LogP contribution in [0.5, 0.6) is 0 Å². The molecule has 0 spiro atoms. The molecule has 8 heteroatoms. The summed E-state index contributed by atoms with van der Waals surface area (Å²) in [6.45, 7) is 4.10. The number of imidazole rings is 1. The predicted octanol–water partition coefficient (Wildman–Crippen LogP) is 1.53. The van der Waals surface area contributed by atoms with Gasteiger partial charge < -0.3 is 15.2 Å². The Kier molecular flexibility index (Phi) is 3.64. The number of nitrogen functional groups attached to an aromatic ring is 1. The molecule has 2 unspecified atom stereocenters. The van der Waals surface area contributed by atoms with Crippen LogP contribution in [-0.4, -0.2) is 42.4 Å². The number of nitrogens with two attached hydrogens (primary N) is 1. The van der Waals surface area contributed by atoms with Gasteiger partial charge in [0.25, 0.3) is 0 Å². The van der Waals surface area contributed by atoms with Crippen molar-refractivity contribution in [2.45, 2.75) is 19.4 Å². The Hall–Kier alpha value is -2.90. The molecule has 1 saturated heterocycles. The molecular weight excluding hydrogens is 304 g/mol. The second-order valence-electron chi connectivity index (χ2n) is 6.18. The lowest BCUT2D eigenvalue weighted by atomic mass is 9.93. The van der Waals surface area contributed by atoms with E-state index < -0.39 is 0 Å². The van der Waals surface area contributed by atoms with Gasteiger partial charge in [0.1, 0.15) is 5.82 Å². The van der Waals surface area contributed by atoms with Gasteiger partial charge in [-0.25, -0.2) is 9.67 Å². The molecular formula is C16H20N8. The molecule has 1 fully saturated rings. The van der Waals surface area contributed by atoms with Crippen LogP contribution in [0.3, 0.4) is 0 Å². The van der Waals surface area contributed by atoms with Gasteiger partial charge >= 0.3 is 0 Å². The van der Waals surface area contributed by atoms with E-state index in [1.807, 2.05) is 37.1 Å². The minimum atomic E-state index is 0.260. The zero-order chi connectivity index (χ0) is 16.5. The van der Waals surface area contributed by atoms with E-state index in [9.17, 15) is 0 Å². The van der Waals surface area contributed by atoms with Gasteiger partial charge in [0, 0.05) is 43.9 Å². The largest absolute Gasteiger partial charge is 0.368 e. The van der Waals surface area contributed by atoms with Crippen molar-refractivity contribution in [3.05, 3.63) is 43.2 Å². The van der Waals surface area contributed by atoms with E-state index in [4.69, 9.17) is 5.73 Å². The Labute approximate surface area is 140 Å². The maximum absolute atomic E-state index is 5.92. The summed E-state index contributed by atoms with van der Waals surface area (Å²) in [4.78, 5) is 15.2. The first-order valence-electron chi connectivity index (χ1n) is 8.07. The third-order valence-corrected chi connectivity index (χ3v) is 4.61. The number of aromatic nitrogens is 6. The number of piperidine rings is 1. The Balaban J connectivity index is 1.64. The van der Waals surface area contributed by atoms with E-state index in [0.29, 0.717) is 17.8 Å². The Morgan fingerprint density at radius 1 is 1.17 bits per heavy atom. The fourth-order valence-electron chi connectivity index (χ4n) is 3.23. The molecule has 0 amide bonds. The van der Waals surface area contributed by atoms with Crippen molar-refractivity contribution in [2.24, 2.45) is 5.92 Å². The lowest BCUT2D eigenvalue weighted by Crippen LogP contribution is -2.41. The SMILES string of the molecule is CC1CCN(c2cc(-n3cccn3)nc(N)n2)CC1n1ccnc1. The van der Waals surface area contributed by atoms with E-state index in [2.05, 4.69) is 36.4 Å². The van der Waals surface area contributed by atoms with Crippen molar-refractivity contribution in [3.63, 3.8) is 0 Å². The van der Waals surface area contributed by atoms with Crippen LogP contribution in [0.1, 0.15) is 19.4 Å². The third kappa shape index (κ3) is 2.70. The van der Waals surface area contributed by atoms with Crippen molar-refractivity contribution in [3.8, 4) is 5.82 Å². The molecule has 3 aromatic rings. The summed E-state index contributed by atoms with van der Waals surface area (Å²) in [5.41, 5.74) is 5.92. The fourth-order valence-corrected chi connectivity index (χ4v) is 3.23. The lowest BCUT2D eigenvalue weighted by molar-refractivity contribution is 0.298. The van der Waals surface area contributed by atoms with Crippen LogP contribution in [0, 0.1) is 5.92 Å². The Morgan fingerprint density at radius 3 is 2.79 bits per heavy atom. The van der Waals surface area contributed by atoms with Crippen molar-refractivity contribution in [2.75, 3.05) is 23.7 Å². The highest BCUT2D eigenvalue weighted by molar-refractivity contribution is 5.48. The molecule has 1 aliphatic rings. The smallest absolute Gasteiger partial charge is 0.224 e. The highest BCUT2D eigenvalue weighted by atomic mass is 15.3. The van der Waals surface area contributed by atoms with Gasteiger partial charge in [-0.1, -0.05) is 6.92 Å². The summed E-state index contributed by atoms with van der Waals surface area (Å²) in [5, 5.41) is 4.22. The number of anilines is 2. The van der Waals surface area contributed by atoms with Crippen LogP contribution < -0.4 is 10.6 Å². The maximum atomic E-state index is 5.92. The van der Waals surface area contributed by atoms with Gasteiger partial charge in [-0.15, -0.1) is 0 Å². The first-order chi connectivity index (χ1) is 11.7. The van der Waals surface area contributed by atoms with Crippen LogP contribution in [-0.2, 0) is 0 Å². The average molecular weight is 324 g/mol. The van der Waals surface area contributed by atoms with Crippen LogP contribution in [0.2, 0.25) is 0 Å². The average Bonchev–Trinajstić information content (AvgIpc) is 3.28. The molecule has 1 aliphatic heterocycles. The van der Waals surface area contributed by atoms with Gasteiger partial charge in [-0.2, -0.15) is 15.1 Å². The second-order valence-corrected chi connectivity index (χ2v) is 6.18. The minimum Gasteiger partial charge on any atom is -0.368 e. The summed E-state index contributed by atoms with van der Waals surface area (Å²) < 4.78 is 3.87. The van der Waals surface area contributed by atoms with Gasteiger partial charge in [0.2, 0.25) is 5.95 Å². The molecule has 2 N–H and O–H groups in total. The second kappa shape index (κ2) is 5.95. The predicted molar refractivity (Wildman–Crippen MR) is 90.8 cm³/mol. The Bertz CT molecular complexity index is 796. The van der Waals surface area contributed by atoms with Crippen LogP contribution in [0.4, 0.5) is 11.8 Å². The van der Waals surface area contributed by atoms with Crippen molar-refractivity contribution in [1.82, 2.24) is 29.3 Å². The number of rotatable bonds is 3. The summed E-state index contributed by atoms with van der Waals surface area (Å²) in [5.74, 6) is 2.36. The molecule has 0 aromatic carbocycles.